The molecule has 0 unspecified atom stereocenters. The van der Waals surface area contributed by atoms with E-state index in [0.29, 0.717) is 33.5 Å². The first-order chi connectivity index (χ1) is 16.4. The number of nitrogens with one attached hydrogen (secondary N) is 1. The van der Waals surface area contributed by atoms with Crippen molar-refractivity contribution in [2.24, 2.45) is 0 Å². The van der Waals surface area contributed by atoms with Crippen molar-refractivity contribution in [3.05, 3.63) is 75.1 Å². The molecule has 1 N–H and O–H groups in total. The molecule has 6 nitrogen and oxygen atoms in total. The molecule has 0 radical (unpaired) electrons. The number of aryl methyl sites for hydroxylation is 1. The maximum atomic E-state index is 12.9. The Balaban J connectivity index is 1.92. The Morgan fingerprint density at radius 1 is 1.21 bits per heavy atom. The van der Waals surface area contributed by atoms with E-state index >= 15 is 0 Å². The van der Waals surface area contributed by atoms with E-state index in [2.05, 4.69) is 5.32 Å². The summed E-state index contributed by atoms with van der Waals surface area (Å²) in [6.45, 7) is 4.47. The number of nitrogens with zero attached hydrogens (tertiary/aromatic N) is 1. The third kappa shape index (κ3) is 5.84. The Bertz CT molecular complexity index is 1270. The number of benzene rings is 2. The number of ether oxygens (including phenoxy) is 2. The molecule has 0 aliphatic heterocycles. The molecule has 2 aromatic carbocycles. The zero-order valence-corrected chi connectivity index (χ0v) is 20.5. The second-order valence-electron chi connectivity index (χ2n) is 7.28. The van der Waals surface area contributed by atoms with Crippen molar-refractivity contribution in [1.29, 1.82) is 5.26 Å². The number of thiophene rings is 1. The van der Waals surface area contributed by atoms with Crippen LogP contribution < -0.4 is 10.1 Å². The number of amides is 1. The van der Waals surface area contributed by atoms with Gasteiger partial charge in [0.2, 0.25) is 0 Å². The second kappa shape index (κ2) is 11.5. The molecule has 0 bridgehead atoms. The lowest BCUT2D eigenvalue weighted by Gasteiger charge is -2.08. The summed E-state index contributed by atoms with van der Waals surface area (Å²) in [4.78, 5) is 26.4. The van der Waals surface area contributed by atoms with Gasteiger partial charge in [-0.15, -0.1) is 11.3 Å². The van der Waals surface area contributed by atoms with Crippen LogP contribution in [0.15, 0.2) is 54.1 Å². The van der Waals surface area contributed by atoms with E-state index in [-0.39, 0.29) is 11.1 Å². The molecule has 0 aliphatic rings. The minimum absolute atomic E-state index is 0.103. The lowest BCUT2D eigenvalue weighted by atomic mass is 10.0. The Morgan fingerprint density at radius 3 is 2.56 bits per heavy atom. The van der Waals surface area contributed by atoms with E-state index in [9.17, 15) is 14.9 Å². The van der Waals surface area contributed by atoms with Crippen molar-refractivity contribution in [1.82, 2.24) is 0 Å². The van der Waals surface area contributed by atoms with E-state index in [1.807, 2.05) is 26.0 Å². The van der Waals surface area contributed by atoms with E-state index in [1.54, 1.807) is 42.5 Å². The number of hydrogen-bond acceptors (Lipinski definition) is 6. The second-order valence-corrected chi connectivity index (χ2v) is 8.94. The van der Waals surface area contributed by atoms with E-state index in [4.69, 9.17) is 21.1 Å². The third-order valence-corrected chi connectivity index (χ3v) is 6.10. The van der Waals surface area contributed by atoms with Gasteiger partial charge in [0.15, 0.2) is 0 Å². The molecule has 0 saturated heterocycles. The number of carbonyl (C=O) groups is 2. The van der Waals surface area contributed by atoms with Gasteiger partial charge in [-0.2, -0.15) is 5.26 Å². The monoisotopic (exact) mass is 494 g/mol. The molecule has 1 heterocycles. The number of carbonyl (C=O) groups excluding carboxylic acids is 2. The Kier molecular flexibility index (Phi) is 8.47. The lowest BCUT2D eigenvalue weighted by Crippen LogP contribution is -2.15. The first-order valence-corrected chi connectivity index (χ1v) is 11.7. The largest absolute Gasteiger partial charge is 0.494 e. The number of nitriles is 1. The van der Waals surface area contributed by atoms with Gasteiger partial charge in [-0.05, 0) is 54.8 Å². The summed E-state index contributed by atoms with van der Waals surface area (Å²) in [5.41, 5.74) is 2.14. The van der Waals surface area contributed by atoms with Crippen molar-refractivity contribution in [2.45, 2.75) is 20.3 Å². The van der Waals surface area contributed by atoms with Crippen molar-refractivity contribution in [2.75, 3.05) is 19.0 Å². The van der Waals surface area contributed by atoms with Crippen LogP contribution in [0.5, 0.6) is 5.75 Å². The van der Waals surface area contributed by atoms with Crippen molar-refractivity contribution >= 4 is 45.9 Å². The highest BCUT2D eigenvalue weighted by atomic mass is 35.5. The highest BCUT2D eigenvalue weighted by Gasteiger charge is 2.26. The number of esters is 1. The highest BCUT2D eigenvalue weighted by Crippen LogP contribution is 2.41. The first-order valence-electron chi connectivity index (χ1n) is 10.5. The first kappa shape index (κ1) is 25.0. The van der Waals surface area contributed by atoms with Gasteiger partial charge in [-0.25, -0.2) is 4.79 Å². The molecule has 1 aromatic heterocycles. The van der Waals surface area contributed by atoms with E-state index in [0.717, 1.165) is 16.9 Å². The van der Waals surface area contributed by atoms with Crippen LogP contribution >= 0.6 is 22.9 Å². The van der Waals surface area contributed by atoms with Crippen LogP contribution in [0.25, 0.3) is 17.2 Å². The maximum absolute atomic E-state index is 12.9. The van der Waals surface area contributed by atoms with E-state index < -0.39 is 11.9 Å². The number of hydrogen-bond donors (Lipinski definition) is 1. The highest BCUT2D eigenvalue weighted by molar-refractivity contribution is 7.17. The summed E-state index contributed by atoms with van der Waals surface area (Å²) in [7, 11) is 1.27. The summed E-state index contributed by atoms with van der Waals surface area (Å²) in [6.07, 6.45) is 2.38. The molecule has 34 heavy (non-hydrogen) atoms. The summed E-state index contributed by atoms with van der Waals surface area (Å²) in [6, 6.07) is 16.1. The van der Waals surface area contributed by atoms with Gasteiger partial charge in [0.25, 0.3) is 5.91 Å². The van der Waals surface area contributed by atoms with Crippen LogP contribution in [0.3, 0.4) is 0 Å². The molecule has 0 spiro atoms. The fourth-order valence-electron chi connectivity index (χ4n) is 3.29. The molecule has 0 fully saturated rings. The van der Waals surface area contributed by atoms with Crippen molar-refractivity contribution in [3.8, 4) is 22.9 Å². The van der Waals surface area contributed by atoms with Gasteiger partial charge in [-0.1, -0.05) is 42.8 Å². The van der Waals surface area contributed by atoms with E-state index in [1.165, 1.54) is 24.5 Å². The smallest absolute Gasteiger partial charge is 0.341 e. The van der Waals surface area contributed by atoms with Gasteiger partial charge in [0, 0.05) is 15.5 Å². The molecule has 0 aliphatic carbocycles. The zero-order chi connectivity index (χ0) is 24.7. The standard InChI is InChI=1S/C26H23ClN2O4S/c1-4-12-33-21-10-8-17(9-11-21)13-19(15-28)24(30)29-25-23(26(31)32-3)22(16(2)34-25)18-6-5-7-20(27)14-18/h5-11,13-14H,4,12H2,1-3H3,(H,29,30)/b19-13+. The molecular formula is C26H23ClN2O4S. The summed E-state index contributed by atoms with van der Waals surface area (Å²) < 4.78 is 10.5. The normalized spacial score (nSPS) is 11.0. The Hall–Kier alpha value is -3.60. The Labute approximate surface area is 207 Å². The van der Waals surface area contributed by atoms with Gasteiger partial charge in [0.1, 0.15) is 28.0 Å². The van der Waals surface area contributed by atoms with Gasteiger partial charge in [-0.3, -0.25) is 4.79 Å². The SMILES string of the molecule is CCCOc1ccc(/C=C(\C#N)C(=O)Nc2sc(C)c(-c3cccc(Cl)c3)c2C(=O)OC)cc1. The maximum Gasteiger partial charge on any atom is 0.341 e. The number of methoxy groups -OCH3 is 1. The molecule has 3 rings (SSSR count). The van der Waals surface area contributed by atoms with Gasteiger partial charge in [0.05, 0.1) is 13.7 Å². The topological polar surface area (TPSA) is 88.4 Å². The number of anilines is 1. The quantitative estimate of drug-likeness (QED) is 0.219. The van der Waals surface area contributed by atoms with Crippen LogP contribution in [-0.4, -0.2) is 25.6 Å². The molecule has 0 saturated carbocycles. The average molecular weight is 495 g/mol. The molecule has 3 aromatic rings. The molecule has 174 valence electrons. The summed E-state index contributed by atoms with van der Waals surface area (Å²) in [5.74, 6) is -0.509. The lowest BCUT2D eigenvalue weighted by molar-refractivity contribution is -0.112. The van der Waals surface area contributed by atoms with Crippen LogP contribution in [0.2, 0.25) is 5.02 Å². The van der Waals surface area contributed by atoms with Crippen LogP contribution in [0.4, 0.5) is 5.00 Å². The number of halogens is 1. The minimum Gasteiger partial charge on any atom is -0.494 e. The fraction of sp³-hybridized carbons (Fsp3) is 0.192. The van der Waals surface area contributed by atoms with Crippen LogP contribution in [-0.2, 0) is 9.53 Å². The fourth-order valence-corrected chi connectivity index (χ4v) is 4.54. The predicted molar refractivity (Wildman–Crippen MR) is 135 cm³/mol. The van der Waals surface area contributed by atoms with Gasteiger partial charge < -0.3 is 14.8 Å². The predicted octanol–water partition coefficient (Wildman–Crippen LogP) is 6.50. The summed E-state index contributed by atoms with van der Waals surface area (Å²) in [5, 5.41) is 13.1. The van der Waals surface area contributed by atoms with Gasteiger partial charge >= 0.3 is 5.97 Å². The van der Waals surface area contributed by atoms with Crippen molar-refractivity contribution in [3.63, 3.8) is 0 Å². The minimum atomic E-state index is -0.627. The summed E-state index contributed by atoms with van der Waals surface area (Å²) >= 11 is 7.37. The third-order valence-electron chi connectivity index (χ3n) is 4.84. The number of rotatable bonds is 8. The molecule has 1 amide bonds. The average Bonchev–Trinajstić information content (AvgIpc) is 3.16. The zero-order valence-electron chi connectivity index (χ0n) is 19.0. The van der Waals surface area contributed by atoms with Crippen LogP contribution in [0.1, 0.15) is 34.1 Å². The molecule has 0 atom stereocenters. The molecular weight excluding hydrogens is 472 g/mol. The molecule has 8 heteroatoms. The van der Waals surface area contributed by atoms with Crippen molar-refractivity contribution < 1.29 is 19.1 Å². The van der Waals surface area contributed by atoms with Crippen LogP contribution in [0, 0.1) is 18.3 Å². The Morgan fingerprint density at radius 2 is 1.94 bits per heavy atom.